The summed E-state index contributed by atoms with van der Waals surface area (Å²) in [5.41, 5.74) is 1.18. The number of amides is 4. The lowest BCUT2D eigenvalue weighted by atomic mass is 10.1. The Balaban J connectivity index is 2.30. The largest absolute Gasteiger partial charge is 0.336 e. The number of Topliss-reactive ketones (excluding diaryl/α,β-unsaturated/α-hetero) is 1. The van der Waals surface area contributed by atoms with Crippen molar-refractivity contribution in [3.63, 3.8) is 0 Å². The molecule has 1 aromatic carbocycles. The first-order chi connectivity index (χ1) is 9.90. The number of benzene rings is 1. The maximum Gasteiger partial charge on any atom is 0.319 e. The van der Waals surface area contributed by atoms with Gasteiger partial charge in [0.2, 0.25) is 0 Å². The molecule has 0 fully saturated rings. The number of hydrogen-bond acceptors (Lipinski definition) is 3. The molecule has 0 bridgehead atoms. The fraction of sp³-hybridized carbons (Fsp3) is 0.357. The highest BCUT2D eigenvalue weighted by atomic mass is 16.2. The number of carbonyl (C=O) groups excluding carboxylic acids is 3. The molecule has 0 aliphatic rings. The number of nitrogens with zero attached hydrogens (tertiary/aromatic N) is 1. The molecule has 4 amide bonds. The number of carbonyl (C=O) groups is 3. The van der Waals surface area contributed by atoms with E-state index in [-0.39, 0.29) is 17.8 Å². The minimum absolute atomic E-state index is 0.0253. The van der Waals surface area contributed by atoms with Gasteiger partial charge < -0.3 is 20.9 Å². The van der Waals surface area contributed by atoms with Gasteiger partial charge in [0.05, 0.1) is 0 Å². The Bertz CT molecular complexity index is 511. The van der Waals surface area contributed by atoms with E-state index in [2.05, 4.69) is 16.0 Å². The van der Waals surface area contributed by atoms with Crippen molar-refractivity contribution in [3.05, 3.63) is 29.8 Å². The second-order valence-corrected chi connectivity index (χ2v) is 4.64. The van der Waals surface area contributed by atoms with E-state index in [9.17, 15) is 14.4 Å². The molecule has 0 heterocycles. The maximum atomic E-state index is 11.6. The number of rotatable bonds is 5. The topological polar surface area (TPSA) is 90.5 Å². The van der Waals surface area contributed by atoms with Crippen molar-refractivity contribution in [2.75, 3.05) is 32.5 Å². The average molecular weight is 292 g/mol. The lowest BCUT2D eigenvalue weighted by Crippen LogP contribution is -2.40. The molecule has 0 saturated heterocycles. The van der Waals surface area contributed by atoms with Gasteiger partial charge in [0.25, 0.3) is 0 Å². The maximum absolute atomic E-state index is 11.6. The summed E-state index contributed by atoms with van der Waals surface area (Å²) in [6.45, 7) is 2.14. The molecule has 114 valence electrons. The number of hydrogen-bond donors (Lipinski definition) is 3. The van der Waals surface area contributed by atoms with Crippen LogP contribution < -0.4 is 16.0 Å². The van der Waals surface area contributed by atoms with Crippen LogP contribution in [-0.2, 0) is 0 Å². The van der Waals surface area contributed by atoms with Crippen molar-refractivity contribution in [2.45, 2.75) is 6.92 Å². The van der Waals surface area contributed by atoms with E-state index in [1.165, 1.54) is 11.8 Å². The third-order valence-electron chi connectivity index (χ3n) is 2.64. The van der Waals surface area contributed by atoms with Crippen molar-refractivity contribution in [2.24, 2.45) is 0 Å². The van der Waals surface area contributed by atoms with Gasteiger partial charge in [-0.25, -0.2) is 9.59 Å². The van der Waals surface area contributed by atoms with Crippen LogP contribution in [0, 0.1) is 0 Å². The monoisotopic (exact) mass is 292 g/mol. The van der Waals surface area contributed by atoms with Gasteiger partial charge >= 0.3 is 12.1 Å². The van der Waals surface area contributed by atoms with E-state index in [1.54, 1.807) is 38.4 Å². The van der Waals surface area contributed by atoms with Crippen LogP contribution in [0.5, 0.6) is 0 Å². The summed E-state index contributed by atoms with van der Waals surface area (Å²) >= 11 is 0. The predicted octanol–water partition coefficient (Wildman–Crippen LogP) is 1.28. The fourth-order valence-corrected chi connectivity index (χ4v) is 1.47. The summed E-state index contributed by atoms with van der Waals surface area (Å²) < 4.78 is 0. The summed E-state index contributed by atoms with van der Waals surface area (Å²) in [5, 5.41) is 7.88. The van der Waals surface area contributed by atoms with Gasteiger partial charge in [0.15, 0.2) is 5.78 Å². The first-order valence-corrected chi connectivity index (χ1v) is 6.51. The molecule has 0 aromatic heterocycles. The Morgan fingerprint density at radius 1 is 1.00 bits per heavy atom. The van der Waals surface area contributed by atoms with Crippen LogP contribution in [0.25, 0.3) is 0 Å². The number of ketones is 1. The lowest BCUT2D eigenvalue weighted by Gasteiger charge is -2.12. The summed E-state index contributed by atoms with van der Waals surface area (Å²) in [6, 6.07) is 6.03. The smallest absolute Gasteiger partial charge is 0.319 e. The standard InChI is InChI=1S/C14H20N4O3/c1-10(19)11-4-6-12(7-5-11)17-13(20)15-8-9-16-14(21)18(2)3/h4-7H,8-9H2,1-3H3,(H,16,21)(H2,15,17,20). The zero-order chi connectivity index (χ0) is 15.8. The number of urea groups is 2. The fourth-order valence-electron chi connectivity index (χ4n) is 1.47. The Morgan fingerprint density at radius 2 is 1.57 bits per heavy atom. The minimum Gasteiger partial charge on any atom is -0.336 e. The molecule has 0 atom stereocenters. The summed E-state index contributed by atoms with van der Waals surface area (Å²) in [5.74, 6) is -0.0253. The molecule has 0 aliphatic carbocycles. The quantitative estimate of drug-likeness (QED) is 0.564. The van der Waals surface area contributed by atoms with Crippen LogP contribution >= 0.6 is 0 Å². The van der Waals surface area contributed by atoms with Gasteiger partial charge in [-0.3, -0.25) is 4.79 Å². The third kappa shape index (κ3) is 5.94. The molecule has 7 heteroatoms. The van der Waals surface area contributed by atoms with Gasteiger partial charge in [-0.1, -0.05) is 0 Å². The van der Waals surface area contributed by atoms with E-state index in [1.807, 2.05) is 0 Å². The van der Waals surface area contributed by atoms with Crippen LogP contribution in [0.3, 0.4) is 0 Å². The van der Waals surface area contributed by atoms with Crippen LogP contribution in [-0.4, -0.2) is 49.9 Å². The molecular weight excluding hydrogens is 272 g/mol. The highest BCUT2D eigenvalue weighted by Crippen LogP contribution is 2.09. The van der Waals surface area contributed by atoms with Crippen LogP contribution in [0.1, 0.15) is 17.3 Å². The van der Waals surface area contributed by atoms with E-state index >= 15 is 0 Å². The van der Waals surface area contributed by atoms with Gasteiger partial charge in [0, 0.05) is 38.4 Å². The highest BCUT2D eigenvalue weighted by molar-refractivity contribution is 5.95. The third-order valence-corrected chi connectivity index (χ3v) is 2.64. The molecule has 0 saturated carbocycles. The summed E-state index contributed by atoms with van der Waals surface area (Å²) in [4.78, 5) is 35.4. The summed E-state index contributed by atoms with van der Waals surface area (Å²) in [6.07, 6.45) is 0. The Labute approximate surface area is 123 Å². The van der Waals surface area contributed by atoms with Crippen molar-refractivity contribution in [1.82, 2.24) is 15.5 Å². The van der Waals surface area contributed by atoms with Crippen LogP contribution in [0.4, 0.5) is 15.3 Å². The molecule has 21 heavy (non-hydrogen) atoms. The average Bonchev–Trinajstić information content (AvgIpc) is 2.43. The van der Waals surface area contributed by atoms with Crippen molar-refractivity contribution in [3.8, 4) is 0 Å². The second kappa shape index (κ2) is 7.88. The van der Waals surface area contributed by atoms with Gasteiger partial charge in [-0.05, 0) is 31.2 Å². The van der Waals surface area contributed by atoms with Crippen molar-refractivity contribution >= 4 is 23.5 Å². The SMILES string of the molecule is CC(=O)c1ccc(NC(=O)NCCNC(=O)N(C)C)cc1. The molecule has 0 unspecified atom stereocenters. The van der Waals surface area contributed by atoms with E-state index in [0.29, 0.717) is 24.3 Å². The molecule has 0 spiro atoms. The van der Waals surface area contributed by atoms with Crippen LogP contribution in [0.15, 0.2) is 24.3 Å². The van der Waals surface area contributed by atoms with Crippen molar-refractivity contribution < 1.29 is 14.4 Å². The normalized spacial score (nSPS) is 9.67. The molecule has 0 aliphatic heterocycles. The predicted molar refractivity (Wildman–Crippen MR) is 80.6 cm³/mol. The van der Waals surface area contributed by atoms with Crippen molar-refractivity contribution in [1.29, 1.82) is 0 Å². The first-order valence-electron chi connectivity index (χ1n) is 6.51. The number of anilines is 1. The molecule has 7 nitrogen and oxygen atoms in total. The summed E-state index contributed by atoms with van der Waals surface area (Å²) in [7, 11) is 3.28. The van der Waals surface area contributed by atoms with Crippen LogP contribution in [0.2, 0.25) is 0 Å². The molecular formula is C14H20N4O3. The van der Waals surface area contributed by atoms with E-state index in [4.69, 9.17) is 0 Å². The van der Waals surface area contributed by atoms with E-state index < -0.39 is 0 Å². The molecule has 3 N–H and O–H groups in total. The lowest BCUT2D eigenvalue weighted by molar-refractivity contribution is 0.101. The Kier molecular flexibility index (Phi) is 6.19. The van der Waals surface area contributed by atoms with Gasteiger partial charge in [-0.2, -0.15) is 0 Å². The van der Waals surface area contributed by atoms with Gasteiger partial charge in [0.1, 0.15) is 0 Å². The molecule has 0 radical (unpaired) electrons. The van der Waals surface area contributed by atoms with E-state index in [0.717, 1.165) is 0 Å². The highest BCUT2D eigenvalue weighted by Gasteiger charge is 2.04. The first kappa shape index (κ1) is 16.5. The zero-order valence-corrected chi connectivity index (χ0v) is 12.4. The molecule has 1 aromatic rings. The number of nitrogens with one attached hydrogen (secondary N) is 3. The second-order valence-electron chi connectivity index (χ2n) is 4.64. The minimum atomic E-state index is -0.371. The van der Waals surface area contributed by atoms with Gasteiger partial charge in [-0.15, -0.1) is 0 Å². The Hall–Kier alpha value is -2.57. The molecule has 1 rings (SSSR count). The Morgan fingerprint density at radius 3 is 2.10 bits per heavy atom. The zero-order valence-electron chi connectivity index (χ0n) is 12.4.